The van der Waals surface area contributed by atoms with Crippen LogP contribution >= 0.6 is 0 Å². The van der Waals surface area contributed by atoms with E-state index in [1.807, 2.05) is 0 Å². The number of pyridine rings is 1. The molecular formula is C26H22F3N5O3. The van der Waals surface area contributed by atoms with E-state index >= 15 is 0 Å². The van der Waals surface area contributed by atoms with E-state index in [9.17, 15) is 22.8 Å². The van der Waals surface area contributed by atoms with Gasteiger partial charge in [0, 0.05) is 43.2 Å². The molecule has 0 bridgehead atoms. The highest BCUT2D eigenvalue weighted by Crippen LogP contribution is 2.32. The van der Waals surface area contributed by atoms with Gasteiger partial charge in [0.05, 0.1) is 12.1 Å². The van der Waals surface area contributed by atoms with Crippen molar-refractivity contribution in [3.05, 3.63) is 89.3 Å². The van der Waals surface area contributed by atoms with Crippen molar-refractivity contribution in [2.24, 2.45) is 4.99 Å². The zero-order valence-corrected chi connectivity index (χ0v) is 19.6. The molecule has 0 radical (unpaired) electrons. The fourth-order valence-corrected chi connectivity index (χ4v) is 3.49. The van der Waals surface area contributed by atoms with E-state index in [1.54, 1.807) is 42.6 Å². The van der Waals surface area contributed by atoms with Crippen LogP contribution in [0.5, 0.6) is 11.5 Å². The van der Waals surface area contributed by atoms with Crippen molar-refractivity contribution in [2.75, 3.05) is 25.5 Å². The molecule has 1 aliphatic rings. The Morgan fingerprint density at radius 2 is 1.89 bits per heavy atom. The molecule has 2 heterocycles. The summed E-state index contributed by atoms with van der Waals surface area (Å²) in [7, 11) is 1.30. The first-order valence-corrected chi connectivity index (χ1v) is 11.2. The number of halogens is 3. The quantitative estimate of drug-likeness (QED) is 0.413. The lowest BCUT2D eigenvalue weighted by Gasteiger charge is -2.12. The molecule has 0 aliphatic carbocycles. The maximum Gasteiger partial charge on any atom is 0.416 e. The van der Waals surface area contributed by atoms with E-state index in [4.69, 9.17) is 4.74 Å². The van der Waals surface area contributed by atoms with Gasteiger partial charge in [-0.2, -0.15) is 13.2 Å². The van der Waals surface area contributed by atoms with Crippen LogP contribution in [0, 0.1) is 0 Å². The van der Waals surface area contributed by atoms with Crippen LogP contribution in [0.15, 0.2) is 71.9 Å². The fraction of sp³-hybridized carbons (Fsp3) is 0.154. The Bertz CT molecular complexity index is 1390. The number of alkyl halides is 3. The number of benzene rings is 2. The van der Waals surface area contributed by atoms with Crippen LogP contribution < -0.4 is 20.7 Å². The van der Waals surface area contributed by atoms with Crippen molar-refractivity contribution in [1.29, 1.82) is 0 Å². The Morgan fingerprint density at radius 3 is 2.62 bits per heavy atom. The molecule has 190 valence electrons. The van der Waals surface area contributed by atoms with Gasteiger partial charge in [-0.15, -0.1) is 0 Å². The fourth-order valence-electron chi connectivity index (χ4n) is 3.49. The molecule has 1 aliphatic heterocycles. The molecule has 2 amide bonds. The monoisotopic (exact) mass is 509 g/mol. The minimum Gasteiger partial charge on any atom is -0.457 e. The number of amidine groups is 1. The number of amides is 2. The summed E-state index contributed by atoms with van der Waals surface area (Å²) in [5.41, 5.74) is -0.143. The number of aromatic nitrogens is 1. The highest BCUT2D eigenvalue weighted by Gasteiger charge is 2.32. The SMILES string of the molecule is CNC(=O)c1cc(NC(=O)/C=C/c2cccc(Oc3ccnc(C4=NCCN4)c3)c2)cc(C(F)(F)F)c1. The third kappa shape index (κ3) is 6.72. The number of ether oxygens (including phenoxy) is 1. The van der Waals surface area contributed by atoms with Gasteiger partial charge in [0.2, 0.25) is 5.91 Å². The van der Waals surface area contributed by atoms with Gasteiger partial charge >= 0.3 is 6.18 Å². The van der Waals surface area contributed by atoms with Crippen LogP contribution in [0.2, 0.25) is 0 Å². The number of nitrogens with zero attached hydrogens (tertiary/aromatic N) is 2. The standard InChI is InChI=1S/C26H22F3N5O3/c1-30-25(36)17-12-18(26(27,28)29)14-19(13-17)34-23(35)6-5-16-3-2-4-20(11-16)37-21-7-8-31-22(15-21)24-32-9-10-33-24/h2-8,11-15H,9-10H2,1H3,(H,30,36)(H,32,33)(H,34,35)/b6-5+. The Hall–Kier alpha value is -4.67. The Kier molecular flexibility index (Phi) is 7.52. The van der Waals surface area contributed by atoms with Crippen molar-refractivity contribution < 1.29 is 27.5 Å². The average molecular weight is 509 g/mol. The van der Waals surface area contributed by atoms with Gasteiger partial charge in [-0.3, -0.25) is 19.6 Å². The van der Waals surface area contributed by atoms with Crippen molar-refractivity contribution in [2.45, 2.75) is 6.18 Å². The summed E-state index contributed by atoms with van der Waals surface area (Å²) in [4.78, 5) is 32.9. The van der Waals surface area contributed by atoms with Crippen molar-refractivity contribution in [1.82, 2.24) is 15.6 Å². The molecule has 8 nitrogen and oxygen atoms in total. The van der Waals surface area contributed by atoms with E-state index in [0.717, 1.165) is 18.7 Å². The Labute approximate surface area is 210 Å². The van der Waals surface area contributed by atoms with Gasteiger partial charge in [-0.1, -0.05) is 12.1 Å². The number of carbonyl (C=O) groups excluding carboxylic acids is 2. The highest BCUT2D eigenvalue weighted by molar-refractivity contribution is 6.03. The second-order valence-corrected chi connectivity index (χ2v) is 7.91. The summed E-state index contributed by atoms with van der Waals surface area (Å²) in [6.45, 7) is 1.44. The molecule has 1 aromatic heterocycles. The Balaban J connectivity index is 1.45. The predicted octanol–water partition coefficient (Wildman–Crippen LogP) is 4.25. The third-order valence-electron chi connectivity index (χ3n) is 5.19. The van der Waals surface area contributed by atoms with Crippen molar-refractivity contribution in [3.8, 4) is 11.5 Å². The lowest BCUT2D eigenvalue weighted by atomic mass is 10.1. The molecule has 0 spiro atoms. The lowest BCUT2D eigenvalue weighted by Crippen LogP contribution is -2.20. The lowest BCUT2D eigenvalue weighted by molar-refractivity contribution is -0.137. The molecule has 4 rings (SSSR count). The maximum absolute atomic E-state index is 13.2. The number of aliphatic imine (C=N–C) groups is 1. The topological polar surface area (TPSA) is 105 Å². The maximum atomic E-state index is 13.2. The van der Waals surface area contributed by atoms with E-state index in [-0.39, 0.29) is 11.3 Å². The molecule has 3 aromatic rings. The zero-order valence-electron chi connectivity index (χ0n) is 19.6. The molecule has 37 heavy (non-hydrogen) atoms. The van der Waals surface area contributed by atoms with E-state index in [1.165, 1.54) is 25.3 Å². The van der Waals surface area contributed by atoms with Gasteiger partial charge in [0.15, 0.2) is 0 Å². The van der Waals surface area contributed by atoms with Crippen LogP contribution in [0.4, 0.5) is 18.9 Å². The second-order valence-electron chi connectivity index (χ2n) is 7.91. The first kappa shape index (κ1) is 25.4. The number of anilines is 1. The van der Waals surface area contributed by atoms with Gasteiger partial charge in [0.25, 0.3) is 5.91 Å². The summed E-state index contributed by atoms with van der Waals surface area (Å²) >= 11 is 0. The van der Waals surface area contributed by atoms with E-state index in [2.05, 4.69) is 25.9 Å². The molecule has 0 fully saturated rings. The summed E-state index contributed by atoms with van der Waals surface area (Å²) in [5.74, 6) is 0.391. The van der Waals surface area contributed by atoms with E-state index in [0.29, 0.717) is 35.1 Å². The number of hydrogen-bond acceptors (Lipinski definition) is 6. The first-order valence-electron chi connectivity index (χ1n) is 11.2. The van der Waals surface area contributed by atoms with Gasteiger partial charge in [-0.05, 0) is 48.0 Å². The zero-order chi connectivity index (χ0) is 26.4. The van der Waals surface area contributed by atoms with E-state index < -0.39 is 23.6 Å². The second kappa shape index (κ2) is 10.9. The smallest absolute Gasteiger partial charge is 0.416 e. The van der Waals surface area contributed by atoms with Crippen LogP contribution in [0.1, 0.15) is 27.2 Å². The number of nitrogens with one attached hydrogen (secondary N) is 3. The molecule has 0 saturated carbocycles. The van der Waals surface area contributed by atoms with Crippen LogP contribution in [0.3, 0.4) is 0 Å². The predicted molar refractivity (Wildman–Crippen MR) is 133 cm³/mol. The molecule has 0 saturated heterocycles. The minimum absolute atomic E-state index is 0.157. The molecule has 3 N–H and O–H groups in total. The molecular weight excluding hydrogens is 487 g/mol. The summed E-state index contributed by atoms with van der Waals surface area (Å²) in [6.07, 6.45) is -0.404. The average Bonchev–Trinajstić information content (AvgIpc) is 3.42. The molecule has 2 aromatic carbocycles. The first-order chi connectivity index (χ1) is 17.7. The van der Waals surface area contributed by atoms with Crippen LogP contribution in [-0.2, 0) is 11.0 Å². The largest absolute Gasteiger partial charge is 0.457 e. The number of carbonyl (C=O) groups is 2. The van der Waals surface area contributed by atoms with Gasteiger partial charge in [0.1, 0.15) is 23.0 Å². The van der Waals surface area contributed by atoms with Crippen LogP contribution in [-0.4, -0.2) is 42.8 Å². The van der Waals surface area contributed by atoms with Crippen LogP contribution in [0.25, 0.3) is 6.08 Å². The molecule has 0 unspecified atom stereocenters. The van der Waals surface area contributed by atoms with Crippen molar-refractivity contribution >= 4 is 29.4 Å². The van der Waals surface area contributed by atoms with Crippen molar-refractivity contribution in [3.63, 3.8) is 0 Å². The van der Waals surface area contributed by atoms with Gasteiger partial charge in [-0.25, -0.2) is 0 Å². The minimum atomic E-state index is -4.68. The number of hydrogen-bond donors (Lipinski definition) is 3. The normalized spacial score (nSPS) is 13.1. The Morgan fingerprint density at radius 1 is 1.08 bits per heavy atom. The summed E-state index contributed by atoms with van der Waals surface area (Å²) < 4.78 is 45.6. The highest BCUT2D eigenvalue weighted by atomic mass is 19.4. The molecule has 0 atom stereocenters. The number of rotatable bonds is 7. The van der Waals surface area contributed by atoms with Gasteiger partial charge < -0.3 is 20.7 Å². The third-order valence-corrected chi connectivity index (χ3v) is 5.19. The summed E-state index contributed by atoms with van der Waals surface area (Å²) in [6, 6.07) is 13.0. The molecule has 11 heteroatoms. The summed E-state index contributed by atoms with van der Waals surface area (Å²) in [5, 5.41) is 7.79.